The predicted octanol–water partition coefficient (Wildman–Crippen LogP) is 4.56. The second-order valence-corrected chi connectivity index (χ2v) is 6.56. The third-order valence-corrected chi connectivity index (χ3v) is 5.31. The van der Waals surface area contributed by atoms with E-state index in [0.29, 0.717) is 0 Å². The summed E-state index contributed by atoms with van der Waals surface area (Å²) < 4.78 is 2.84. The molecular weight excluding hydrogens is 292 g/mol. The van der Waals surface area contributed by atoms with Crippen LogP contribution in [-0.2, 0) is 0 Å². The number of hydrogen-bond acceptors (Lipinski definition) is 4. The summed E-state index contributed by atoms with van der Waals surface area (Å²) in [5.74, 6) is 0. The van der Waals surface area contributed by atoms with Gasteiger partial charge in [0.2, 0.25) is 4.80 Å². The summed E-state index contributed by atoms with van der Waals surface area (Å²) in [4.78, 5) is 5.57. The number of nitrogens with zero attached hydrogens (tertiary/aromatic N) is 2. The molecule has 0 aliphatic carbocycles. The molecule has 3 rings (SSSR count). The Morgan fingerprint density at radius 3 is 2.16 bits per heavy atom. The van der Waals surface area contributed by atoms with Gasteiger partial charge in [-0.25, -0.2) is 4.99 Å². The van der Waals surface area contributed by atoms with Crippen LogP contribution in [0.5, 0.6) is 0 Å². The van der Waals surface area contributed by atoms with E-state index in [1.807, 2.05) is 65.2 Å². The lowest BCUT2D eigenvalue weighted by molar-refractivity contribution is 0.999. The van der Waals surface area contributed by atoms with Crippen molar-refractivity contribution in [2.24, 2.45) is 4.99 Å². The van der Waals surface area contributed by atoms with Gasteiger partial charge in [-0.1, -0.05) is 36.4 Å². The molecule has 0 saturated heterocycles. The molecule has 0 saturated carbocycles. The van der Waals surface area contributed by atoms with Gasteiger partial charge in [-0.2, -0.15) is 0 Å². The second kappa shape index (κ2) is 5.61. The highest BCUT2D eigenvalue weighted by molar-refractivity contribution is 7.79. The Kier molecular flexibility index (Phi) is 3.68. The van der Waals surface area contributed by atoms with Gasteiger partial charge in [-0.3, -0.25) is 4.57 Å². The Morgan fingerprint density at radius 1 is 0.842 bits per heavy atom. The summed E-state index contributed by atoms with van der Waals surface area (Å²) in [5.41, 5.74) is 2.00. The summed E-state index contributed by atoms with van der Waals surface area (Å²) in [6.07, 6.45) is 0. The van der Waals surface area contributed by atoms with Crippen molar-refractivity contribution in [2.75, 3.05) is 0 Å². The first kappa shape index (κ1) is 12.5. The summed E-state index contributed by atoms with van der Waals surface area (Å²) in [5, 5.41) is 0. The van der Waals surface area contributed by atoms with Gasteiger partial charge in [-0.15, -0.1) is 0 Å². The van der Waals surface area contributed by atoms with Crippen LogP contribution in [0.4, 0.5) is 5.69 Å². The van der Waals surface area contributed by atoms with Crippen molar-refractivity contribution >= 4 is 38.6 Å². The van der Waals surface area contributed by atoms with E-state index in [9.17, 15) is 0 Å². The molecule has 2 aromatic carbocycles. The molecule has 0 fully saturated rings. The van der Waals surface area contributed by atoms with E-state index in [4.69, 9.17) is 12.2 Å². The maximum atomic E-state index is 5.40. The quantitative estimate of drug-likeness (QED) is 0.501. The fourth-order valence-electron chi connectivity index (χ4n) is 1.70. The van der Waals surface area contributed by atoms with Crippen LogP contribution < -0.4 is 4.80 Å². The van der Waals surface area contributed by atoms with E-state index >= 15 is 0 Å². The molecule has 0 spiro atoms. The largest absolute Gasteiger partial charge is 0.267 e. The lowest BCUT2D eigenvalue weighted by Crippen LogP contribution is -2.12. The standard InChI is InChI=1S/C14H10N2S3/c17-14-16(12-9-5-2-6-10-12)13(18-19-14)15-11-7-3-1-4-8-11/h1-10H/b15-13+. The fourth-order valence-corrected chi connectivity index (χ4v) is 4.14. The molecule has 0 atom stereocenters. The van der Waals surface area contributed by atoms with Gasteiger partial charge in [0, 0.05) is 0 Å². The third-order valence-electron chi connectivity index (χ3n) is 2.56. The lowest BCUT2D eigenvalue weighted by Gasteiger charge is -2.01. The van der Waals surface area contributed by atoms with E-state index in [-0.39, 0.29) is 0 Å². The molecule has 1 aromatic heterocycles. The van der Waals surface area contributed by atoms with Crippen molar-refractivity contribution < 1.29 is 0 Å². The Labute approximate surface area is 123 Å². The lowest BCUT2D eigenvalue weighted by atomic mass is 10.3. The molecule has 0 unspecified atom stereocenters. The van der Waals surface area contributed by atoms with Gasteiger partial charge in [0.1, 0.15) is 0 Å². The van der Waals surface area contributed by atoms with E-state index < -0.39 is 0 Å². The predicted molar refractivity (Wildman–Crippen MR) is 84.0 cm³/mol. The number of benzene rings is 2. The monoisotopic (exact) mass is 302 g/mol. The molecule has 0 bridgehead atoms. The van der Waals surface area contributed by atoms with Gasteiger partial charge in [0.25, 0.3) is 0 Å². The molecule has 0 amide bonds. The van der Waals surface area contributed by atoms with Gasteiger partial charge < -0.3 is 0 Å². The first-order valence-corrected chi connectivity index (χ1v) is 8.28. The van der Waals surface area contributed by atoms with Gasteiger partial charge in [0.15, 0.2) is 3.95 Å². The second-order valence-electron chi connectivity index (χ2n) is 3.83. The van der Waals surface area contributed by atoms with Crippen molar-refractivity contribution in [1.82, 2.24) is 4.57 Å². The molecule has 94 valence electrons. The molecule has 19 heavy (non-hydrogen) atoms. The molecule has 1 heterocycles. The number of hydrogen-bond donors (Lipinski definition) is 0. The summed E-state index contributed by atoms with van der Waals surface area (Å²) in [7, 11) is 3.17. The summed E-state index contributed by atoms with van der Waals surface area (Å²) >= 11 is 5.40. The smallest absolute Gasteiger partial charge is 0.206 e. The first-order valence-electron chi connectivity index (χ1n) is 5.72. The van der Waals surface area contributed by atoms with Crippen LogP contribution in [0.25, 0.3) is 5.69 Å². The zero-order valence-electron chi connectivity index (χ0n) is 9.89. The molecule has 0 radical (unpaired) electrons. The Hall–Kier alpha value is -1.56. The highest BCUT2D eigenvalue weighted by atomic mass is 32.9. The minimum Gasteiger partial charge on any atom is -0.267 e. The van der Waals surface area contributed by atoms with Crippen LogP contribution in [-0.4, -0.2) is 4.57 Å². The summed E-state index contributed by atoms with van der Waals surface area (Å²) in [6.45, 7) is 0. The van der Waals surface area contributed by atoms with E-state index in [2.05, 4.69) is 4.99 Å². The topological polar surface area (TPSA) is 17.3 Å². The average Bonchev–Trinajstić information content (AvgIpc) is 2.82. The Morgan fingerprint density at radius 2 is 1.47 bits per heavy atom. The molecule has 5 heteroatoms. The highest BCUT2D eigenvalue weighted by Gasteiger charge is 2.02. The number of aromatic nitrogens is 1. The number of rotatable bonds is 2. The van der Waals surface area contributed by atoms with Gasteiger partial charge >= 0.3 is 0 Å². The zero-order chi connectivity index (χ0) is 13.1. The average molecular weight is 302 g/mol. The van der Waals surface area contributed by atoms with Crippen molar-refractivity contribution in [3.8, 4) is 5.69 Å². The van der Waals surface area contributed by atoms with Crippen molar-refractivity contribution in [3.63, 3.8) is 0 Å². The molecule has 3 aromatic rings. The van der Waals surface area contributed by atoms with Crippen LogP contribution in [0.15, 0.2) is 65.7 Å². The van der Waals surface area contributed by atoms with Crippen LogP contribution in [0.2, 0.25) is 0 Å². The molecule has 0 N–H and O–H groups in total. The van der Waals surface area contributed by atoms with E-state index in [0.717, 1.165) is 20.1 Å². The van der Waals surface area contributed by atoms with E-state index in [1.54, 1.807) is 20.7 Å². The van der Waals surface area contributed by atoms with Gasteiger partial charge in [0.05, 0.1) is 11.4 Å². The minimum absolute atomic E-state index is 0.825. The first-order chi connectivity index (χ1) is 9.34. The van der Waals surface area contributed by atoms with Crippen LogP contribution in [0.1, 0.15) is 0 Å². The van der Waals surface area contributed by atoms with Crippen molar-refractivity contribution in [1.29, 1.82) is 0 Å². The van der Waals surface area contributed by atoms with Crippen molar-refractivity contribution in [2.45, 2.75) is 0 Å². The number of para-hydroxylation sites is 2. The highest BCUT2D eigenvalue weighted by Crippen LogP contribution is 2.15. The molecule has 0 aliphatic heterocycles. The minimum atomic E-state index is 0.825. The molecular formula is C14H10N2S3. The zero-order valence-corrected chi connectivity index (χ0v) is 12.3. The van der Waals surface area contributed by atoms with Crippen molar-refractivity contribution in [3.05, 3.63) is 69.4 Å². The SMILES string of the molecule is S=c1ss/c(=N/c2ccccc2)n1-c1ccccc1. The maximum absolute atomic E-state index is 5.40. The van der Waals surface area contributed by atoms with E-state index in [1.165, 1.54) is 0 Å². The van der Waals surface area contributed by atoms with Crippen LogP contribution in [0, 0.1) is 3.95 Å². The molecule has 2 nitrogen and oxygen atoms in total. The fraction of sp³-hybridized carbons (Fsp3) is 0. The van der Waals surface area contributed by atoms with Crippen LogP contribution >= 0.6 is 32.9 Å². The maximum Gasteiger partial charge on any atom is 0.206 e. The normalized spacial score (nSPS) is 11.7. The molecule has 0 aliphatic rings. The van der Waals surface area contributed by atoms with Gasteiger partial charge in [-0.05, 0) is 57.2 Å². The van der Waals surface area contributed by atoms with Crippen LogP contribution in [0.3, 0.4) is 0 Å². The summed E-state index contributed by atoms with van der Waals surface area (Å²) in [6, 6.07) is 20.0. The Balaban J connectivity index is 2.20. The third kappa shape index (κ3) is 2.73. The Bertz CT molecular complexity index is 783.